The summed E-state index contributed by atoms with van der Waals surface area (Å²) in [5, 5.41) is 25.3. The lowest BCUT2D eigenvalue weighted by Gasteiger charge is -2.28. The third kappa shape index (κ3) is 2.73. The van der Waals surface area contributed by atoms with Crippen LogP contribution in [0, 0.1) is 0 Å². The standard InChI is InChI=1S/C13H18N2O3/c1-8-5-6-9(7-14-8)15-13(18)12-10(16)3-2-4-11(12)17/h2-4,8-9,14,16-17H,5-7H2,1H3,(H,15,18). The van der Waals surface area contributed by atoms with Crippen LogP contribution in [0.25, 0.3) is 0 Å². The Morgan fingerprint density at radius 2 is 2.00 bits per heavy atom. The maximum atomic E-state index is 12.0. The largest absolute Gasteiger partial charge is 0.507 e. The molecule has 1 amide bonds. The van der Waals surface area contributed by atoms with Gasteiger partial charge in [0.1, 0.15) is 17.1 Å². The number of carbonyl (C=O) groups excluding carboxylic acids is 1. The average molecular weight is 250 g/mol. The highest BCUT2D eigenvalue weighted by Crippen LogP contribution is 2.26. The van der Waals surface area contributed by atoms with Gasteiger partial charge < -0.3 is 20.8 Å². The number of hydrogen-bond donors (Lipinski definition) is 4. The van der Waals surface area contributed by atoms with E-state index in [-0.39, 0.29) is 23.1 Å². The molecular formula is C13H18N2O3. The summed E-state index contributed by atoms with van der Waals surface area (Å²) < 4.78 is 0. The molecule has 98 valence electrons. The van der Waals surface area contributed by atoms with Crippen molar-refractivity contribution in [3.05, 3.63) is 23.8 Å². The van der Waals surface area contributed by atoms with Crippen molar-refractivity contribution in [1.29, 1.82) is 0 Å². The molecule has 1 heterocycles. The van der Waals surface area contributed by atoms with Gasteiger partial charge in [0.25, 0.3) is 5.91 Å². The molecule has 0 radical (unpaired) electrons. The number of amides is 1. The first kappa shape index (κ1) is 12.7. The van der Waals surface area contributed by atoms with Gasteiger partial charge in [-0.1, -0.05) is 6.07 Å². The number of phenols is 2. The monoisotopic (exact) mass is 250 g/mol. The Morgan fingerprint density at radius 1 is 1.33 bits per heavy atom. The molecule has 2 rings (SSSR count). The van der Waals surface area contributed by atoms with Gasteiger partial charge in [0.2, 0.25) is 0 Å². The van der Waals surface area contributed by atoms with Crippen LogP contribution in [0.2, 0.25) is 0 Å². The van der Waals surface area contributed by atoms with Crippen LogP contribution in [0.3, 0.4) is 0 Å². The van der Waals surface area contributed by atoms with Gasteiger partial charge >= 0.3 is 0 Å². The van der Waals surface area contributed by atoms with Crippen LogP contribution >= 0.6 is 0 Å². The van der Waals surface area contributed by atoms with Crippen molar-refractivity contribution in [3.63, 3.8) is 0 Å². The van der Waals surface area contributed by atoms with Gasteiger partial charge in [-0.05, 0) is 31.9 Å². The minimum Gasteiger partial charge on any atom is -0.507 e. The van der Waals surface area contributed by atoms with E-state index in [0.29, 0.717) is 12.6 Å². The fraction of sp³-hybridized carbons (Fsp3) is 0.462. The first-order chi connectivity index (χ1) is 8.58. The minimum atomic E-state index is -0.438. The Balaban J connectivity index is 2.04. The SMILES string of the molecule is CC1CCC(NC(=O)c2c(O)cccc2O)CN1. The second-order valence-corrected chi connectivity index (χ2v) is 4.73. The lowest BCUT2D eigenvalue weighted by atomic mass is 10.0. The molecule has 2 unspecified atom stereocenters. The van der Waals surface area contributed by atoms with E-state index in [0.717, 1.165) is 12.8 Å². The van der Waals surface area contributed by atoms with E-state index in [1.807, 2.05) is 0 Å². The third-order valence-corrected chi connectivity index (χ3v) is 3.24. The topological polar surface area (TPSA) is 81.6 Å². The number of piperidine rings is 1. The molecule has 1 aromatic carbocycles. The summed E-state index contributed by atoms with van der Waals surface area (Å²) in [5.41, 5.74) is -0.0591. The molecule has 0 aromatic heterocycles. The summed E-state index contributed by atoms with van der Waals surface area (Å²) in [4.78, 5) is 12.0. The smallest absolute Gasteiger partial charge is 0.259 e. The van der Waals surface area contributed by atoms with E-state index < -0.39 is 5.91 Å². The summed E-state index contributed by atoms with van der Waals surface area (Å²) in [6.07, 6.45) is 1.89. The van der Waals surface area contributed by atoms with Crippen LogP contribution in [0.1, 0.15) is 30.1 Å². The Morgan fingerprint density at radius 3 is 2.56 bits per heavy atom. The summed E-state index contributed by atoms with van der Waals surface area (Å²) in [6.45, 7) is 2.81. The second-order valence-electron chi connectivity index (χ2n) is 4.73. The number of carbonyl (C=O) groups is 1. The molecule has 4 N–H and O–H groups in total. The number of aromatic hydroxyl groups is 2. The van der Waals surface area contributed by atoms with Crippen molar-refractivity contribution in [1.82, 2.24) is 10.6 Å². The lowest BCUT2D eigenvalue weighted by Crippen LogP contribution is -2.48. The molecule has 1 aliphatic heterocycles. The van der Waals surface area contributed by atoms with Crippen molar-refractivity contribution >= 4 is 5.91 Å². The minimum absolute atomic E-state index is 0.0349. The fourth-order valence-corrected chi connectivity index (χ4v) is 2.14. The second kappa shape index (κ2) is 5.27. The van der Waals surface area contributed by atoms with Crippen molar-refractivity contribution < 1.29 is 15.0 Å². The maximum Gasteiger partial charge on any atom is 0.259 e. The molecule has 0 aliphatic carbocycles. The van der Waals surface area contributed by atoms with Crippen molar-refractivity contribution in [2.75, 3.05) is 6.54 Å². The fourth-order valence-electron chi connectivity index (χ4n) is 2.14. The molecule has 1 aromatic rings. The lowest BCUT2D eigenvalue weighted by molar-refractivity contribution is 0.0922. The molecule has 0 bridgehead atoms. The molecule has 1 aliphatic rings. The van der Waals surface area contributed by atoms with Crippen molar-refractivity contribution in [2.24, 2.45) is 0 Å². The number of nitrogens with one attached hydrogen (secondary N) is 2. The molecule has 2 atom stereocenters. The Labute approximate surface area is 106 Å². The zero-order chi connectivity index (χ0) is 13.1. The van der Waals surface area contributed by atoms with E-state index in [4.69, 9.17) is 0 Å². The number of phenolic OH excluding ortho intramolecular Hbond substituents is 2. The number of benzene rings is 1. The zero-order valence-electron chi connectivity index (χ0n) is 10.3. The zero-order valence-corrected chi connectivity index (χ0v) is 10.3. The van der Waals surface area contributed by atoms with Gasteiger partial charge in [0, 0.05) is 18.6 Å². The Kier molecular flexibility index (Phi) is 3.72. The Bertz CT molecular complexity index is 420. The van der Waals surface area contributed by atoms with Gasteiger partial charge in [-0.2, -0.15) is 0 Å². The summed E-state index contributed by atoms with van der Waals surface area (Å²) in [6, 6.07) is 4.76. The van der Waals surface area contributed by atoms with E-state index in [2.05, 4.69) is 17.6 Å². The Hall–Kier alpha value is -1.75. The highest BCUT2D eigenvalue weighted by molar-refractivity contribution is 5.99. The first-order valence-corrected chi connectivity index (χ1v) is 6.13. The summed E-state index contributed by atoms with van der Waals surface area (Å²) in [7, 11) is 0. The van der Waals surface area contributed by atoms with E-state index in [9.17, 15) is 15.0 Å². The van der Waals surface area contributed by atoms with Crippen LogP contribution in [0.4, 0.5) is 0 Å². The van der Waals surface area contributed by atoms with Crippen molar-refractivity contribution in [3.8, 4) is 11.5 Å². The highest BCUT2D eigenvalue weighted by Gasteiger charge is 2.22. The summed E-state index contributed by atoms with van der Waals surface area (Å²) >= 11 is 0. The predicted molar refractivity (Wildman–Crippen MR) is 67.7 cm³/mol. The van der Waals surface area contributed by atoms with Crippen LogP contribution in [-0.2, 0) is 0 Å². The molecule has 5 heteroatoms. The molecule has 0 spiro atoms. The van der Waals surface area contributed by atoms with Gasteiger partial charge in [0.05, 0.1) is 0 Å². The summed E-state index contributed by atoms with van der Waals surface area (Å²) in [5.74, 6) is -0.846. The maximum absolute atomic E-state index is 12.0. The molecule has 5 nitrogen and oxygen atoms in total. The molecular weight excluding hydrogens is 232 g/mol. The first-order valence-electron chi connectivity index (χ1n) is 6.13. The van der Waals surface area contributed by atoms with Gasteiger partial charge in [-0.3, -0.25) is 4.79 Å². The van der Waals surface area contributed by atoms with Gasteiger partial charge in [-0.15, -0.1) is 0 Å². The van der Waals surface area contributed by atoms with Crippen LogP contribution in [0.15, 0.2) is 18.2 Å². The van der Waals surface area contributed by atoms with Crippen molar-refractivity contribution in [2.45, 2.75) is 31.8 Å². The highest BCUT2D eigenvalue weighted by atomic mass is 16.3. The molecule has 1 fully saturated rings. The van der Waals surface area contributed by atoms with Gasteiger partial charge in [-0.25, -0.2) is 0 Å². The van der Waals surface area contributed by atoms with E-state index >= 15 is 0 Å². The van der Waals surface area contributed by atoms with Gasteiger partial charge in [0.15, 0.2) is 0 Å². The van der Waals surface area contributed by atoms with Crippen LogP contribution in [0.5, 0.6) is 11.5 Å². The van der Waals surface area contributed by atoms with Crippen LogP contribution < -0.4 is 10.6 Å². The molecule has 18 heavy (non-hydrogen) atoms. The molecule has 1 saturated heterocycles. The number of hydrogen-bond acceptors (Lipinski definition) is 4. The average Bonchev–Trinajstić information content (AvgIpc) is 2.32. The van der Waals surface area contributed by atoms with Crippen LogP contribution in [-0.4, -0.2) is 34.7 Å². The quantitative estimate of drug-likeness (QED) is 0.630. The molecule has 0 saturated carbocycles. The van der Waals surface area contributed by atoms with E-state index in [1.165, 1.54) is 18.2 Å². The number of rotatable bonds is 2. The normalized spacial score (nSPS) is 23.6. The van der Waals surface area contributed by atoms with E-state index in [1.54, 1.807) is 0 Å². The predicted octanol–water partition coefficient (Wildman–Crippen LogP) is 0.968. The third-order valence-electron chi connectivity index (χ3n) is 3.24.